The van der Waals surface area contributed by atoms with Crippen LogP contribution in [-0.4, -0.2) is 42.8 Å². The second-order valence-electron chi connectivity index (χ2n) is 7.31. The van der Waals surface area contributed by atoms with Gasteiger partial charge in [-0.1, -0.05) is 36.7 Å². The molecule has 164 valence electrons. The molecule has 7 nitrogen and oxygen atoms in total. The Morgan fingerprint density at radius 2 is 1.90 bits per heavy atom. The van der Waals surface area contributed by atoms with Crippen LogP contribution in [0.5, 0.6) is 5.75 Å². The zero-order valence-electron chi connectivity index (χ0n) is 17.2. The molecule has 0 aliphatic rings. The highest BCUT2D eigenvalue weighted by molar-refractivity contribution is 7.90. The summed E-state index contributed by atoms with van der Waals surface area (Å²) in [4.78, 5) is 13.4. The van der Waals surface area contributed by atoms with Crippen LogP contribution in [0.2, 0.25) is 5.02 Å². The van der Waals surface area contributed by atoms with E-state index in [-0.39, 0.29) is 29.8 Å². The number of halogens is 1. The van der Waals surface area contributed by atoms with Crippen LogP contribution < -0.4 is 10.3 Å². The van der Waals surface area contributed by atoms with Gasteiger partial charge >= 0.3 is 5.56 Å². The van der Waals surface area contributed by atoms with Crippen LogP contribution in [0.25, 0.3) is 16.8 Å². The van der Waals surface area contributed by atoms with Crippen molar-refractivity contribution >= 4 is 21.4 Å². The monoisotopic (exact) mass is 462 g/mol. The Morgan fingerprint density at radius 3 is 2.52 bits per heavy atom. The lowest BCUT2D eigenvalue weighted by Crippen LogP contribution is -2.24. The molecule has 0 amide bonds. The van der Waals surface area contributed by atoms with Gasteiger partial charge < -0.3 is 9.84 Å². The third-order valence-corrected chi connectivity index (χ3v) is 6.11. The van der Waals surface area contributed by atoms with Crippen molar-refractivity contribution in [3.63, 3.8) is 0 Å². The van der Waals surface area contributed by atoms with Gasteiger partial charge in [-0.2, -0.15) is 9.78 Å². The van der Waals surface area contributed by atoms with Crippen LogP contribution in [0.4, 0.5) is 0 Å². The zero-order valence-corrected chi connectivity index (χ0v) is 18.7. The van der Waals surface area contributed by atoms with Crippen LogP contribution in [0.1, 0.15) is 13.3 Å². The van der Waals surface area contributed by atoms with E-state index in [1.807, 2.05) is 6.92 Å². The maximum absolute atomic E-state index is 13.2. The molecule has 0 saturated heterocycles. The number of rotatable bonds is 8. The normalized spacial score (nSPS) is 12.5. The summed E-state index contributed by atoms with van der Waals surface area (Å²) in [6.07, 6.45) is 3.19. The molecule has 0 spiro atoms. The number of hydrogen-bond acceptors (Lipinski definition) is 6. The van der Waals surface area contributed by atoms with Crippen molar-refractivity contribution in [2.45, 2.75) is 18.2 Å². The molecule has 1 unspecified atom stereocenters. The standard InChI is InChI=1S/C22H23ClN2O5S/c1-15(14-26)10-11-30-21-20(16-6-8-19(9-7-16)31(2,28)29)13-24-25(22(21)27)18-5-3-4-17(23)12-18/h3-9,12-13,15,26H,10-11,14H2,1-2H3. The second kappa shape index (κ2) is 9.64. The van der Waals surface area contributed by atoms with Crippen molar-refractivity contribution in [3.8, 4) is 22.6 Å². The number of nitrogens with zero attached hydrogens (tertiary/aromatic N) is 2. The molecule has 3 rings (SSSR count). The molecule has 0 bridgehead atoms. The summed E-state index contributed by atoms with van der Waals surface area (Å²) >= 11 is 6.05. The smallest absolute Gasteiger partial charge is 0.314 e. The van der Waals surface area contributed by atoms with Crippen LogP contribution in [0, 0.1) is 5.92 Å². The number of ether oxygens (including phenoxy) is 1. The van der Waals surface area contributed by atoms with E-state index < -0.39 is 15.4 Å². The number of aliphatic hydroxyl groups is 1. The Kier molecular flexibility index (Phi) is 7.15. The van der Waals surface area contributed by atoms with Gasteiger partial charge in [0.05, 0.1) is 23.4 Å². The third-order valence-electron chi connectivity index (χ3n) is 4.75. The first-order valence-corrected chi connectivity index (χ1v) is 11.9. The maximum Gasteiger partial charge on any atom is 0.314 e. The zero-order chi connectivity index (χ0) is 22.6. The average Bonchev–Trinajstić information content (AvgIpc) is 2.74. The van der Waals surface area contributed by atoms with Crippen LogP contribution >= 0.6 is 11.6 Å². The Hall–Kier alpha value is -2.68. The lowest BCUT2D eigenvalue weighted by Gasteiger charge is -2.15. The van der Waals surface area contributed by atoms with Gasteiger partial charge in [0.15, 0.2) is 15.6 Å². The molecule has 1 atom stereocenters. The van der Waals surface area contributed by atoms with Gasteiger partial charge in [-0.25, -0.2) is 8.42 Å². The van der Waals surface area contributed by atoms with Crippen LogP contribution in [-0.2, 0) is 9.84 Å². The molecule has 1 heterocycles. The minimum absolute atomic E-state index is 0.0201. The van der Waals surface area contributed by atoms with Gasteiger partial charge in [-0.3, -0.25) is 4.79 Å². The Bertz CT molecular complexity index is 1220. The minimum Gasteiger partial charge on any atom is -0.487 e. The number of aromatic nitrogens is 2. The molecule has 1 N–H and O–H groups in total. The van der Waals surface area contributed by atoms with Crippen molar-refractivity contribution in [1.82, 2.24) is 9.78 Å². The second-order valence-corrected chi connectivity index (χ2v) is 9.76. The maximum atomic E-state index is 13.2. The van der Waals surface area contributed by atoms with Crippen LogP contribution in [0.15, 0.2) is 64.4 Å². The predicted octanol–water partition coefficient (Wildman–Crippen LogP) is 3.35. The highest BCUT2D eigenvalue weighted by atomic mass is 35.5. The Labute approximate surface area is 185 Å². The van der Waals surface area contributed by atoms with Gasteiger partial charge in [-0.05, 0) is 48.2 Å². The van der Waals surface area contributed by atoms with Gasteiger partial charge in [0.2, 0.25) is 0 Å². The molecule has 0 aliphatic heterocycles. The van der Waals surface area contributed by atoms with Crippen molar-refractivity contribution in [2.24, 2.45) is 5.92 Å². The summed E-state index contributed by atoms with van der Waals surface area (Å²) in [5.74, 6) is 0.113. The Morgan fingerprint density at radius 1 is 1.19 bits per heavy atom. The van der Waals surface area contributed by atoms with Gasteiger partial charge in [0, 0.05) is 23.4 Å². The fraction of sp³-hybridized carbons (Fsp3) is 0.273. The summed E-state index contributed by atoms with van der Waals surface area (Å²) in [7, 11) is -3.34. The lowest BCUT2D eigenvalue weighted by molar-refractivity contribution is 0.201. The van der Waals surface area contributed by atoms with E-state index in [4.69, 9.17) is 16.3 Å². The summed E-state index contributed by atoms with van der Waals surface area (Å²) < 4.78 is 30.5. The van der Waals surface area contributed by atoms with Crippen LogP contribution in [0.3, 0.4) is 0 Å². The van der Waals surface area contributed by atoms with Crippen molar-refractivity contribution < 1.29 is 18.3 Å². The molecular formula is C22H23ClN2O5S. The largest absolute Gasteiger partial charge is 0.487 e. The molecule has 9 heteroatoms. The van der Waals surface area contributed by atoms with E-state index in [0.717, 1.165) is 6.26 Å². The first-order chi connectivity index (χ1) is 14.7. The topological polar surface area (TPSA) is 98.5 Å². The minimum atomic E-state index is -3.34. The van der Waals surface area contributed by atoms with E-state index in [2.05, 4.69) is 5.10 Å². The van der Waals surface area contributed by atoms with E-state index in [0.29, 0.717) is 28.3 Å². The SMILES string of the molecule is CC(CO)CCOc1c(-c2ccc(S(C)(=O)=O)cc2)cnn(-c2cccc(Cl)c2)c1=O. The molecule has 31 heavy (non-hydrogen) atoms. The highest BCUT2D eigenvalue weighted by Crippen LogP contribution is 2.28. The van der Waals surface area contributed by atoms with Crippen molar-refractivity contribution in [3.05, 3.63) is 70.1 Å². The van der Waals surface area contributed by atoms with E-state index in [1.165, 1.54) is 23.0 Å². The quantitative estimate of drug-likeness (QED) is 0.551. The highest BCUT2D eigenvalue weighted by Gasteiger charge is 2.17. The van der Waals surface area contributed by atoms with Gasteiger partial charge in [-0.15, -0.1) is 0 Å². The average molecular weight is 463 g/mol. The van der Waals surface area contributed by atoms with Crippen molar-refractivity contribution in [2.75, 3.05) is 19.5 Å². The number of sulfone groups is 1. The van der Waals surface area contributed by atoms with Crippen molar-refractivity contribution in [1.29, 1.82) is 0 Å². The van der Waals surface area contributed by atoms with E-state index in [1.54, 1.807) is 36.4 Å². The fourth-order valence-corrected chi connectivity index (χ4v) is 3.72. The first kappa shape index (κ1) is 23.0. The molecular weight excluding hydrogens is 440 g/mol. The van der Waals surface area contributed by atoms with Gasteiger partial charge in [0.25, 0.3) is 0 Å². The fourth-order valence-electron chi connectivity index (χ4n) is 2.91. The third kappa shape index (κ3) is 5.52. The molecule has 2 aromatic carbocycles. The summed E-state index contributed by atoms with van der Waals surface area (Å²) in [5, 5.41) is 14.0. The molecule has 3 aromatic rings. The summed E-state index contributed by atoms with van der Waals surface area (Å²) in [6, 6.07) is 12.9. The number of hydrogen-bond donors (Lipinski definition) is 1. The molecule has 0 fully saturated rings. The summed E-state index contributed by atoms with van der Waals surface area (Å²) in [6.45, 7) is 2.13. The molecule has 0 aliphatic carbocycles. The van der Waals surface area contributed by atoms with E-state index >= 15 is 0 Å². The van der Waals surface area contributed by atoms with Gasteiger partial charge in [0.1, 0.15) is 0 Å². The molecule has 1 aromatic heterocycles. The Balaban J connectivity index is 2.07. The molecule has 0 saturated carbocycles. The van der Waals surface area contributed by atoms with E-state index in [9.17, 15) is 18.3 Å². The number of benzene rings is 2. The summed E-state index contributed by atoms with van der Waals surface area (Å²) in [5.41, 5.74) is 1.06. The predicted molar refractivity (Wildman–Crippen MR) is 120 cm³/mol. The molecule has 0 radical (unpaired) electrons. The lowest BCUT2D eigenvalue weighted by atomic mass is 10.1. The number of aliphatic hydroxyl groups excluding tert-OH is 1. The first-order valence-electron chi connectivity index (χ1n) is 9.63.